The molecule has 25 heavy (non-hydrogen) atoms. The number of piperidine rings is 1. The van der Waals surface area contributed by atoms with Gasteiger partial charge in [-0.25, -0.2) is 0 Å². The minimum Gasteiger partial charge on any atom is -0.497 e. The molecule has 0 radical (unpaired) electrons. The lowest BCUT2D eigenvalue weighted by Crippen LogP contribution is -2.40. The molecule has 2 aromatic rings. The van der Waals surface area contributed by atoms with Crippen LogP contribution in [0.4, 0.5) is 0 Å². The number of nitrogens with zero attached hydrogens (tertiary/aromatic N) is 1. The SMILES string of the molecule is COc1ccc(C(=O)C2CCN(C(=O)c3cc(Cl)sc3Cl)CC2)cc1. The number of hydrogen-bond donors (Lipinski definition) is 0. The van der Waals surface area contributed by atoms with E-state index in [1.54, 1.807) is 42.3 Å². The Kier molecular flexibility index (Phi) is 5.67. The highest BCUT2D eigenvalue weighted by Gasteiger charge is 2.29. The van der Waals surface area contributed by atoms with Gasteiger partial charge in [0.25, 0.3) is 5.91 Å². The molecular weight excluding hydrogens is 381 g/mol. The van der Waals surface area contributed by atoms with Crippen molar-refractivity contribution < 1.29 is 14.3 Å². The highest BCUT2D eigenvalue weighted by molar-refractivity contribution is 7.20. The predicted octanol–water partition coefficient (Wildman–Crippen LogP) is 4.80. The third-order valence-electron chi connectivity index (χ3n) is 4.41. The van der Waals surface area contributed by atoms with Crippen molar-refractivity contribution in [3.63, 3.8) is 0 Å². The van der Waals surface area contributed by atoms with E-state index in [2.05, 4.69) is 0 Å². The fourth-order valence-electron chi connectivity index (χ4n) is 2.99. The van der Waals surface area contributed by atoms with Gasteiger partial charge in [0.05, 0.1) is 17.0 Å². The fourth-order valence-corrected chi connectivity index (χ4v) is 4.44. The lowest BCUT2D eigenvalue weighted by atomic mass is 9.88. The minimum absolute atomic E-state index is 0.0704. The predicted molar refractivity (Wildman–Crippen MR) is 100 cm³/mol. The van der Waals surface area contributed by atoms with Crippen molar-refractivity contribution in [3.8, 4) is 5.75 Å². The zero-order valence-corrected chi connectivity index (χ0v) is 16.0. The third-order valence-corrected chi connectivity index (χ3v) is 5.90. The number of ether oxygens (including phenoxy) is 1. The number of carbonyl (C=O) groups excluding carboxylic acids is 2. The molecule has 4 nitrogen and oxygen atoms in total. The molecule has 0 bridgehead atoms. The van der Waals surface area contributed by atoms with Gasteiger partial charge in [-0.1, -0.05) is 23.2 Å². The van der Waals surface area contributed by atoms with Gasteiger partial charge >= 0.3 is 0 Å². The average Bonchev–Trinajstić information content (AvgIpc) is 2.99. The molecule has 0 atom stereocenters. The van der Waals surface area contributed by atoms with E-state index in [9.17, 15) is 9.59 Å². The maximum atomic E-state index is 12.6. The molecule has 2 heterocycles. The van der Waals surface area contributed by atoms with Gasteiger partial charge in [0.1, 0.15) is 10.1 Å². The van der Waals surface area contributed by atoms with Crippen LogP contribution in [-0.2, 0) is 0 Å². The van der Waals surface area contributed by atoms with Crippen LogP contribution < -0.4 is 4.74 Å². The number of carbonyl (C=O) groups is 2. The van der Waals surface area contributed by atoms with Crippen molar-refractivity contribution in [1.82, 2.24) is 4.90 Å². The number of rotatable bonds is 4. The number of benzene rings is 1. The highest BCUT2D eigenvalue weighted by atomic mass is 35.5. The average molecular weight is 398 g/mol. The molecule has 132 valence electrons. The molecule has 1 saturated heterocycles. The Labute approximate surface area is 160 Å². The molecule has 1 aromatic carbocycles. The van der Waals surface area contributed by atoms with Crippen molar-refractivity contribution >= 4 is 46.2 Å². The second-order valence-corrected chi connectivity index (χ2v) is 8.18. The molecular formula is C18H17Cl2NO3S. The van der Waals surface area contributed by atoms with E-state index in [0.29, 0.717) is 45.7 Å². The van der Waals surface area contributed by atoms with Gasteiger partial charge in [-0.2, -0.15) is 0 Å². The van der Waals surface area contributed by atoms with Gasteiger partial charge in [-0.05, 0) is 43.2 Å². The van der Waals surface area contributed by atoms with Crippen LogP contribution in [0.5, 0.6) is 5.75 Å². The van der Waals surface area contributed by atoms with E-state index >= 15 is 0 Å². The van der Waals surface area contributed by atoms with Gasteiger partial charge < -0.3 is 9.64 Å². The monoisotopic (exact) mass is 397 g/mol. The summed E-state index contributed by atoms with van der Waals surface area (Å²) in [6.07, 6.45) is 1.29. The van der Waals surface area contributed by atoms with E-state index < -0.39 is 0 Å². The standard InChI is InChI=1S/C18H17Cl2NO3S/c1-24-13-4-2-11(3-5-13)16(22)12-6-8-21(9-7-12)18(23)14-10-15(19)25-17(14)20/h2-5,10,12H,6-9H2,1H3. The molecule has 0 unspecified atom stereocenters. The summed E-state index contributed by atoms with van der Waals surface area (Å²) >= 11 is 13.2. The number of thiophene rings is 1. The molecule has 1 fully saturated rings. The summed E-state index contributed by atoms with van der Waals surface area (Å²) in [5, 5.41) is 0. The molecule has 1 aromatic heterocycles. The minimum atomic E-state index is -0.122. The number of amides is 1. The quantitative estimate of drug-likeness (QED) is 0.696. The van der Waals surface area contributed by atoms with Crippen LogP contribution in [0.2, 0.25) is 8.67 Å². The number of ketones is 1. The second kappa shape index (κ2) is 7.77. The van der Waals surface area contributed by atoms with E-state index in [1.165, 1.54) is 11.3 Å². The van der Waals surface area contributed by atoms with Crippen molar-refractivity contribution in [1.29, 1.82) is 0 Å². The summed E-state index contributed by atoms with van der Waals surface area (Å²) in [4.78, 5) is 26.9. The third kappa shape index (κ3) is 4.00. The largest absolute Gasteiger partial charge is 0.497 e. The van der Waals surface area contributed by atoms with Crippen LogP contribution in [0.1, 0.15) is 33.6 Å². The topological polar surface area (TPSA) is 46.6 Å². The lowest BCUT2D eigenvalue weighted by Gasteiger charge is -2.31. The maximum Gasteiger partial charge on any atom is 0.256 e. The van der Waals surface area contributed by atoms with Gasteiger partial charge in [0.2, 0.25) is 0 Å². The van der Waals surface area contributed by atoms with E-state index in [4.69, 9.17) is 27.9 Å². The Bertz CT molecular complexity index is 780. The molecule has 0 saturated carbocycles. The molecule has 7 heteroatoms. The fraction of sp³-hybridized carbons (Fsp3) is 0.333. The molecule has 0 spiro atoms. The summed E-state index contributed by atoms with van der Waals surface area (Å²) in [7, 11) is 1.59. The molecule has 0 aliphatic carbocycles. The molecule has 1 amide bonds. The highest BCUT2D eigenvalue weighted by Crippen LogP contribution is 2.33. The van der Waals surface area contributed by atoms with Crippen LogP contribution in [0.25, 0.3) is 0 Å². The van der Waals surface area contributed by atoms with Crippen LogP contribution in [0.15, 0.2) is 30.3 Å². The van der Waals surface area contributed by atoms with Gasteiger partial charge in [0.15, 0.2) is 5.78 Å². The first kappa shape index (κ1) is 18.2. The van der Waals surface area contributed by atoms with E-state index in [1.807, 2.05) is 0 Å². The van der Waals surface area contributed by atoms with Crippen molar-refractivity contribution in [2.24, 2.45) is 5.92 Å². The first-order valence-corrected chi connectivity index (χ1v) is 9.49. The smallest absolute Gasteiger partial charge is 0.256 e. The molecule has 0 N–H and O–H groups in total. The van der Waals surface area contributed by atoms with Crippen molar-refractivity contribution in [2.45, 2.75) is 12.8 Å². The van der Waals surface area contributed by atoms with E-state index in [-0.39, 0.29) is 17.6 Å². The van der Waals surface area contributed by atoms with Crippen LogP contribution in [0, 0.1) is 5.92 Å². The Morgan fingerprint density at radius 1 is 1.16 bits per heavy atom. The summed E-state index contributed by atoms with van der Waals surface area (Å²) in [5.41, 5.74) is 1.12. The normalized spacial score (nSPS) is 15.2. The maximum absolute atomic E-state index is 12.6. The lowest BCUT2D eigenvalue weighted by molar-refractivity contribution is 0.0651. The Morgan fingerprint density at radius 2 is 1.80 bits per heavy atom. The second-order valence-electron chi connectivity index (χ2n) is 5.90. The molecule has 1 aliphatic rings. The van der Waals surface area contributed by atoms with Crippen LogP contribution in [-0.4, -0.2) is 36.8 Å². The first-order valence-electron chi connectivity index (χ1n) is 7.92. The number of hydrogen-bond acceptors (Lipinski definition) is 4. The zero-order valence-electron chi connectivity index (χ0n) is 13.6. The van der Waals surface area contributed by atoms with Crippen molar-refractivity contribution in [2.75, 3.05) is 20.2 Å². The van der Waals surface area contributed by atoms with Crippen LogP contribution >= 0.6 is 34.5 Å². The summed E-state index contributed by atoms with van der Waals surface area (Å²) in [6.45, 7) is 1.07. The first-order chi connectivity index (χ1) is 12.0. The van der Waals surface area contributed by atoms with Gasteiger partial charge in [-0.3, -0.25) is 9.59 Å². The van der Waals surface area contributed by atoms with Gasteiger partial charge in [-0.15, -0.1) is 11.3 Å². The van der Waals surface area contributed by atoms with Crippen LogP contribution in [0.3, 0.4) is 0 Å². The Balaban J connectivity index is 1.62. The number of likely N-dealkylation sites (tertiary alicyclic amines) is 1. The van der Waals surface area contributed by atoms with Gasteiger partial charge in [0, 0.05) is 24.6 Å². The molecule has 3 rings (SSSR count). The summed E-state index contributed by atoms with van der Waals surface area (Å²) < 4.78 is 6.02. The van der Waals surface area contributed by atoms with E-state index in [0.717, 1.165) is 5.75 Å². The number of halogens is 2. The summed E-state index contributed by atoms with van der Waals surface area (Å²) in [6, 6.07) is 8.74. The van der Waals surface area contributed by atoms with Crippen molar-refractivity contribution in [3.05, 3.63) is 50.1 Å². The molecule has 1 aliphatic heterocycles. The zero-order chi connectivity index (χ0) is 18.0. The number of Topliss-reactive ketones (excluding diaryl/α,β-unsaturated/α-hetero) is 1. The Hall–Kier alpha value is -1.56. The number of methoxy groups -OCH3 is 1. The Morgan fingerprint density at radius 3 is 2.32 bits per heavy atom. The summed E-state index contributed by atoms with van der Waals surface area (Å²) in [5.74, 6) is 0.650.